The number of piperidine rings is 1. The summed E-state index contributed by atoms with van der Waals surface area (Å²) in [5.41, 5.74) is 7.60. The Morgan fingerprint density at radius 1 is 0.895 bits per heavy atom. The zero-order valence-corrected chi connectivity index (χ0v) is 13.0. The van der Waals surface area contributed by atoms with E-state index in [0.29, 0.717) is 17.5 Å². The Labute approximate surface area is 119 Å². The topological polar surface area (TPSA) is 29.3 Å². The largest absolute Gasteiger partial charge is 0.326 e. The van der Waals surface area contributed by atoms with Crippen molar-refractivity contribution in [1.29, 1.82) is 0 Å². The highest BCUT2D eigenvalue weighted by Crippen LogP contribution is 2.46. The van der Waals surface area contributed by atoms with Gasteiger partial charge in [0.15, 0.2) is 0 Å². The van der Waals surface area contributed by atoms with Gasteiger partial charge in [-0.25, -0.2) is 0 Å². The lowest BCUT2D eigenvalue weighted by molar-refractivity contribution is 0.0390. The first kappa shape index (κ1) is 13.9. The van der Waals surface area contributed by atoms with Crippen LogP contribution in [0, 0.1) is 10.8 Å². The number of hydrogen-bond donors (Lipinski definition) is 1. The second kappa shape index (κ2) is 5.04. The smallest absolute Gasteiger partial charge is 0.0252 e. The van der Waals surface area contributed by atoms with Gasteiger partial charge in [-0.2, -0.15) is 0 Å². The van der Waals surface area contributed by atoms with Crippen LogP contribution in [0.2, 0.25) is 0 Å². The summed E-state index contributed by atoms with van der Waals surface area (Å²) < 4.78 is 0. The molecule has 2 unspecified atom stereocenters. The number of nitrogens with zero attached hydrogens (tertiary/aromatic N) is 1. The fraction of sp³-hybridized carbons (Fsp3) is 1.00. The van der Waals surface area contributed by atoms with Gasteiger partial charge in [0.25, 0.3) is 0 Å². The first-order chi connectivity index (χ1) is 9.03. The van der Waals surface area contributed by atoms with Gasteiger partial charge in [-0.1, -0.05) is 33.1 Å². The summed E-state index contributed by atoms with van der Waals surface area (Å²) in [7, 11) is 0. The predicted octanol–water partition coefficient (Wildman–Crippen LogP) is 3.55. The molecule has 0 bridgehead atoms. The lowest BCUT2D eigenvalue weighted by Crippen LogP contribution is -2.53. The fourth-order valence-corrected chi connectivity index (χ4v) is 4.93. The molecule has 3 fully saturated rings. The Hall–Kier alpha value is -0.0800. The Kier molecular flexibility index (Phi) is 3.68. The van der Waals surface area contributed by atoms with E-state index in [9.17, 15) is 0 Å². The molecule has 1 aliphatic heterocycles. The van der Waals surface area contributed by atoms with Crippen molar-refractivity contribution in [2.45, 2.75) is 83.7 Å². The summed E-state index contributed by atoms with van der Waals surface area (Å²) in [4.78, 5) is 2.74. The van der Waals surface area contributed by atoms with Crippen molar-refractivity contribution in [3.8, 4) is 0 Å². The Balaban J connectivity index is 1.58. The van der Waals surface area contributed by atoms with Crippen LogP contribution in [0.15, 0.2) is 0 Å². The van der Waals surface area contributed by atoms with E-state index in [4.69, 9.17) is 5.73 Å². The second-order valence-corrected chi connectivity index (χ2v) is 8.22. The molecule has 1 heterocycles. The minimum Gasteiger partial charge on any atom is -0.326 e. The summed E-state index contributed by atoms with van der Waals surface area (Å²) in [5.74, 6) is 0. The molecule has 0 amide bonds. The van der Waals surface area contributed by atoms with Crippen LogP contribution in [0.5, 0.6) is 0 Å². The Morgan fingerprint density at radius 2 is 1.53 bits per heavy atom. The molecule has 2 aliphatic carbocycles. The molecule has 2 saturated carbocycles. The van der Waals surface area contributed by atoms with Gasteiger partial charge in [0.2, 0.25) is 0 Å². The number of likely N-dealkylation sites (tertiary alicyclic amines) is 1. The quantitative estimate of drug-likeness (QED) is 0.785. The lowest BCUT2D eigenvalue weighted by atomic mass is 9.68. The molecule has 1 spiro atoms. The van der Waals surface area contributed by atoms with Gasteiger partial charge in [0, 0.05) is 12.1 Å². The summed E-state index contributed by atoms with van der Waals surface area (Å²) in [6.45, 7) is 7.33. The van der Waals surface area contributed by atoms with Crippen molar-refractivity contribution in [3.63, 3.8) is 0 Å². The van der Waals surface area contributed by atoms with Crippen molar-refractivity contribution in [2.24, 2.45) is 16.6 Å². The third-order valence-electron chi connectivity index (χ3n) is 6.64. The molecule has 3 rings (SSSR count). The molecule has 2 atom stereocenters. The maximum Gasteiger partial charge on any atom is 0.0252 e. The highest BCUT2D eigenvalue weighted by atomic mass is 15.2. The lowest BCUT2D eigenvalue weighted by Gasteiger charge is -2.47. The van der Waals surface area contributed by atoms with Gasteiger partial charge >= 0.3 is 0 Å². The van der Waals surface area contributed by atoms with Crippen LogP contribution in [0.4, 0.5) is 0 Å². The molecular formula is C17H32N2. The molecule has 0 aromatic heterocycles. The summed E-state index contributed by atoms with van der Waals surface area (Å²) in [6.07, 6.45) is 13.0. The van der Waals surface area contributed by atoms with E-state index in [2.05, 4.69) is 18.7 Å². The Bertz CT molecular complexity index is 307. The molecule has 2 nitrogen and oxygen atoms in total. The first-order valence-corrected chi connectivity index (χ1v) is 8.52. The minimum absolute atomic E-state index is 0.352. The van der Waals surface area contributed by atoms with E-state index in [-0.39, 0.29) is 0 Å². The fourth-order valence-electron chi connectivity index (χ4n) is 4.93. The van der Waals surface area contributed by atoms with Crippen molar-refractivity contribution in [2.75, 3.05) is 13.1 Å². The molecule has 3 aliphatic rings. The normalized spacial score (nSPS) is 38.7. The van der Waals surface area contributed by atoms with Crippen LogP contribution < -0.4 is 5.73 Å². The van der Waals surface area contributed by atoms with Gasteiger partial charge in [-0.05, 0) is 62.4 Å². The number of nitrogens with two attached hydrogens (primary N) is 1. The van der Waals surface area contributed by atoms with Crippen LogP contribution in [0.3, 0.4) is 0 Å². The number of hydrogen-bond acceptors (Lipinski definition) is 2. The average molecular weight is 264 g/mol. The van der Waals surface area contributed by atoms with E-state index < -0.39 is 0 Å². The van der Waals surface area contributed by atoms with Gasteiger partial charge < -0.3 is 5.73 Å². The summed E-state index contributed by atoms with van der Waals surface area (Å²) >= 11 is 0. The molecule has 0 aromatic carbocycles. The predicted molar refractivity (Wildman–Crippen MR) is 81.1 cm³/mol. The van der Waals surface area contributed by atoms with E-state index >= 15 is 0 Å². The monoisotopic (exact) mass is 264 g/mol. The van der Waals surface area contributed by atoms with Crippen molar-refractivity contribution >= 4 is 0 Å². The summed E-state index contributed by atoms with van der Waals surface area (Å²) in [6, 6.07) is 1.05. The summed E-state index contributed by atoms with van der Waals surface area (Å²) in [5, 5.41) is 0. The maximum atomic E-state index is 6.52. The van der Waals surface area contributed by atoms with Crippen LogP contribution >= 0.6 is 0 Å². The van der Waals surface area contributed by atoms with E-state index in [1.807, 2.05) is 0 Å². The molecular weight excluding hydrogens is 232 g/mol. The maximum absolute atomic E-state index is 6.52. The van der Waals surface area contributed by atoms with Crippen LogP contribution in [0.1, 0.15) is 71.6 Å². The first-order valence-electron chi connectivity index (χ1n) is 8.52. The number of rotatable bonds is 1. The highest BCUT2D eigenvalue weighted by molar-refractivity contribution is 5.01. The third-order valence-corrected chi connectivity index (χ3v) is 6.64. The zero-order valence-electron chi connectivity index (χ0n) is 13.0. The highest BCUT2D eigenvalue weighted by Gasteiger charge is 2.44. The second-order valence-electron chi connectivity index (χ2n) is 8.22. The van der Waals surface area contributed by atoms with Gasteiger partial charge in [0.1, 0.15) is 0 Å². The van der Waals surface area contributed by atoms with E-state index in [1.165, 1.54) is 70.9 Å². The van der Waals surface area contributed by atoms with Crippen molar-refractivity contribution in [1.82, 2.24) is 4.90 Å². The molecule has 110 valence electrons. The molecule has 2 heteroatoms. The molecule has 0 aromatic rings. The van der Waals surface area contributed by atoms with Gasteiger partial charge in [-0.15, -0.1) is 0 Å². The van der Waals surface area contributed by atoms with Gasteiger partial charge in [0.05, 0.1) is 0 Å². The SMILES string of the molecule is CC1(C)CCC(N2CCC3(CCCCC3)CC2)C1N. The van der Waals surface area contributed by atoms with E-state index in [0.717, 1.165) is 5.41 Å². The molecule has 0 radical (unpaired) electrons. The third kappa shape index (κ3) is 2.58. The van der Waals surface area contributed by atoms with Crippen molar-refractivity contribution in [3.05, 3.63) is 0 Å². The Morgan fingerprint density at radius 3 is 2.05 bits per heavy atom. The van der Waals surface area contributed by atoms with Crippen molar-refractivity contribution < 1.29 is 0 Å². The minimum atomic E-state index is 0.352. The zero-order chi connectivity index (χ0) is 13.5. The molecule has 19 heavy (non-hydrogen) atoms. The van der Waals surface area contributed by atoms with E-state index in [1.54, 1.807) is 0 Å². The molecule has 2 N–H and O–H groups in total. The average Bonchev–Trinajstić information content (AvgIpc) is 2.67. The van der Waals surface area contributed by atoms with Crippen LogP contribution in [-0.2, 0) is 0 Å². The molecule has 1 saturated heterocycles. The standard InChI is InChI=1S/C17H32N2/c1-16(2)9-6-14(15(16)18)19-12-10-17(11-13-19)7-4-3-5-8-17/h14-15H,3-13,18H2,1-2H3. The van der Waals surface area contributed by atoms with Gasteiger partial charge in [-0.3, -0.25) is 4.90 Å². The van der Waals surface area contributed by atoms with Crippen LogP contribution in [-0.4, -0.2) is 30.1 Å². The van der Waals surface area contributed by atoms with Crippen LogP contribution in [0.25, 0.3) is 0 Å².